The quantitative estimate of drug-likeness (QED) is 0.781. The Labute approximate surface area is 94.8 Å². The number of nitriles is 1. The molecule has 1 unspecified atom stereocenters. The first kappa shape index (κ1) is 12.2. The molecular weight excluding hydrogens is 204 g/mol. The van der Waals surface area contributed by atoms with Gasteiger partial charge in [-0.3, -0.25) is 4.79 Å². The Hall–Kier alpha value is -1.86. The van der Waals surface area contributed by atoms with Crippen LogP contribution in [0.2, 0.25) is 0 Å². The fraction of sp³-hybridized carbons (Fsp3) is 0.333. The highest BCUT2D eigenvalue weighted by Crippen LogP contribution is 2.03. The molecule has 4 nitrogen and oxygen atoms in total. The van der Waals surface area contributed by atoms with E-state index in [0.717, 1.165) is 5.56 Å². The normalized spacial score (nSPS) is 11.6. The van der Waals surface area contributed by atoms with E-state index in [0.29, 0.717) is 12.2 Å². The van der Waals surface area contributed by atoms with E-state index in [1.807, 2.05) is 25.1 Å². The molecule has 0 bridgehead atoms. The number of hydrogen-bond donors (Lipinski definition) is 1. The summed E-state index contributed by atoms with van der Waals surface area (Å²) in [6, 6.07) is 8.98. The maximum Gasteiger partial charge on any atom is 0.254 e. The highest BCUT2D eigenvalue weighted by molar-refractivity contribution is 5.94. The Morgan fingerprint density at radius 3 is 2.62 bits per heavy atom. The fourth-order valence-corrected chi connectivity index (χ4v) is 1.19. The SMILES string of the molecule is CCOC(C#N)NC(=O)c1ccc(C)cc1. The molecule has 0 saturated carbocycles. The van der Waals surface area contributed by atoms with Gasteiger partial charge in [0.05, 0.1) is 0 Å². The van der Waals surface area contributed by atoms with Gasteiger partial charge >= 0.3 is 0 Å². The van der Waals surface area contributed by atoms with Gasteiger partial charge in [0.1, 0.15) is 6.07 Å². The van der Waals surface area contributed by atoms with Gasteiger partial charge in [0.2, 0.25) is 6.23 Å². The summed E-state index contributed by atoms with van der Waals surface area (Å²) in [7, 11) is 0. The molecule has 1 amide bonds. The second kappa shape index (κ2) is 5.89. The van der Waals surface area contributed by atoms with Gasteiger partial charge in [-0.25, -0.2) is 0 Å². The molecule has 0 heterocycles. The molecule has 0 radical (unpaired) electrons. The molecule has 4 heteroatoms. The molecule has 0 saturated heterocycles. The van der Waals surface area contributed by atoms with Crippen molar-refractivity contribution >= 4 is 5.91 Å². The van der Waals surface area contributed by atoms with E-state index < -0.39 is 6.23 Å². The molecule has 1 N–H and O–H groups in total. The predicted molar refractivity (Wildman–Crippen MR) is 59.7 cm³/mol. The van der Waals surface area contributed by atoms with Crippen molar-refractivity contribution in [2.75, 3.05) is 6.61 Å². The largest absolute Gasteiger partial charge is 0.346 e. The lowest BCUT2D eigenvalue weighted by atomic mass is 10.1. The van der Waals surface area contributed by atoms with Crippen LogP contribution in [-0.2, 0) is 4.74 Å². The van der Waals surface area contributed by atoms with Gasteiger partial charge in [-0.1, -0.05) is 17.7 Å². The number of nitrogens with one attached hydrogen (secondary N) is 1. The number of carbonyl (C=O) groups excluding carboxylic acids is 1. The van der Waals surface area contributed by atoms with Gasteiger partial charge in [-0.2, -0.15) is 5.26 Å². The minimum atomic E-state index is -0.890. The van der Waals surface area contributed by atoms with Crippen LogP contribution in [0.1, 0.15) is 22.8 Å². The smallest absolute Gasteiger partial charge is 0.254 e. The van der Waals surface area contributed by atoms with Crippen molar-refractivity contribution in [3.8, 4) is 6.07 Å². The summed E-state index contributed by atoms with van der Waals surface area (Å²) in [5.41, 5.74) is 1.60. The van der Waals surface area contributed by atoms with E-state index in [4.69, 9.17) is 10.00 Å². The van der Waals surface area contributed by atoms with Crippen molar-refractivity contribution in [3.63, 3.8) is 0 Å². The zero-order valence-electron chi connectivity index (χ0n) is 9.36. The second-order valence-corrected chi connectivity index (χ2v) is 3.30. The lowest BCUT2D eigenvalue weighted by Crippen LogP contribution is -2.35. The summed E-state index contributed by atoms with van der Waals surface area (Å²) in [6.07, 6.45) is -0.890. The minimum Gasteiger partial charge on any atom is -0.346 e. The van der Waals surface area contributed by atoms with Crippen LogP contribution in [0.25, 0.3) is 0 Å². The molecule has 0 aromatic heterocycles. The molecule has 0 fully saturated rings. The number of aryl methyl sites for hydroxylation is 1. The van der Waals surface area contributed by atoms with Crippen LogP contribution in [0, 0.1) is 18.3 Å². The number of benzene rings is 1. The standard InChI is InChI=1S/C12H14N2O2/c1-3-16-11(8-13)14-12(15)10-6-4-9(2)5-7-10/h4-7,11H,3H2,1-2H3,(H,14,15). The Balaban J connectivity index is 2.65. The van der Waals surface area contributed by atoms with E-state index in [1.165, 1.54) is 0 Å². The average Bonchev–Trinajstić information content (AvgIpc) is 2.29. The molecule has 0 aliphatic carbocycles. The van der Waals surface area contributed by atoms with Gasteiger partial charge in [0, 0.05) is 12.2 Å². The number of carbonyl (C=O) groups is 1. The van der Waals surface area contributed by atoms with Crippen LogP contribution in [0.4, 0.5) is 0 Å². The summed E-state index contributed by atoms with van der Waals surface area (Å²) in [5, 5.41) is 11.2. The van der Waals surface area contributed by atoms with E-state index in [-0.39, 0.29) is 5.91 Å². The van der Waals surface area contributed by atoms with Crippen LogP contribution >= 0.6 is 0 Å². The molecule has 1 rings (SSSR count). The molecule has 0 aliphatic rings. The van der Waals surface area contributed by atoms with Gasteiger partial charge in [-0.15, -0.1) is 0 Å². The molecule has 0 spiro atoms. The van der Waals surface area contributed by atoms with Crippen molar-refractivity contribution in [2.45, 2.75) is 20.1 Å². The average molecular weight is 218 g/mol. The number of hydrogen-bond acceptors (Lipinski definition) is 3. The monoisotopic (exact) mass is 218 g/mol. The Bertz CT molecular complexity index is 392. The second-order valence-electron chi connectivity index (χ2n) is 3.30. The van der Waals surface area contributed by atoms with Crippen molar-refractivity contribution in [3.05, 3.63) is 35.4 Å². The van der Waals surface area contributed by atoms with Gasteiger partial charge in [-0.05, 0) is 26.0 Å². The number of amides is 1. The highest BCUT2D eigenvalue weighted by atomic mass is 16.5. The topological polar surface area (TPSA) is 62.1 Å². The van der Waals surface area contributed by atoms with Crippen LogP contribution in [-0.4, -0.2) is 18.7 Å². The summed E-state index contributed by atoms with van der Waals surface area (Å²) in [6.45, 7) is 4.09. The Morgan fingerprint density at radius 2 is 2.12 bits per heavy atom. The minimum absolute atomic E-state index is 0.306. The summed E-state index contributed by atoms with van der Waals surface area (Å²) in [5.74, 6) is -0.306. The van der Waals surface area contributed by atoms with Crippen LogP contribution in [0.15, 0.2) is 24.3 Å². The van der Waals surface area contributed by atoms with Crippen LogP contribution < -0.4 is 5.32 Å². The number of ether oxygens (including phenoxy) is 1. The number of nitrogens with zero attached hydrogens (tertiary/aromatic N) is 1. The van der Waals surface area contributed by atoms with Gasteiger partial charge in [0.25, 0.3) is 5.91 Å². The first-order valence-electron chi connectivity index (χ1n) is 5.06. The maximum atomic E-state index is 11.7. The Morgan fingerprint density at radius 1 is 1.50 bits per heavy atom. The summed E-state index contributed by atoms with van der Waals surface area (Å²) in [4.78, 5) is 11.7. The predicted octanol–water partition coefficient (Wildman–Crippen LogP) is 1.61. The zero-order chi connectivity index (χ0) is 12.0. The molecule has 1 aromatic carbocycles. The highest BCUT2D eigenvalue weighted by Gasteiger charge is 2.12. The number of rotatable bonds is 4. The third kappa shape index (κ3) is 3.37. The van der Waals surface area contributed by atoms with Crippen LogP contribution in [0.3, 0.4) is 0 Å². The van der Waals surface area contributed by atoms with E-state index in [1.54, 1.807) is 19.1 Å². The molecule has 1 atom stereocenters. The molecule has 16 heavy (non-hydrogen) atoms. The van der Waals surface area contributed by atoms with Crippen molar-refractivity contribution < 1.29 is 9.53 Å². The van der Waals surface area contributed by atoms with Gasteiger partial charge in [0.15, 0.2) is 0 Å². The lowest BCUT2D eigenvalue weighted by Gasteiger charge is -2.11. The molecule has 0 aliphatic heterocycles. The Kier molecular flexibility index (Phi) is 4.49. The third-order valence-electron chi connectivity index (χ3n) is 2.03. The lowest BCUT2D eigenvalue weighted by molar-refractivity contribution is 0.0615. The first-order valence-corrected chi connectivity index (χ1v) is 5.06. The van der Waals surface area contributed by atoms with E-state index in [2.05, 4.69) is 5.32 Å². The van der Waals surface area contributed by atoms with Gasteiger partial charge < -0.3 is 10.1 Å². The van der Waals surface area contributed by atoms with Crippen molar-refractivity contribution in [2.24, 2.45) is 0 Å². The van der Waals surface area contributed by atoms with E-state index in [9.17, 15) is 4.79 Å². The van der Waals surface area contributed by atoms with Crippen molar-refractivity contribution in [1.29, 1.82) is 5.26 Å². The maximum absolute atomic E-state index is 11.7. The first-order chi connectivity index (χ1) is 7.67. The zero-order valence-corrected chi connectivity index (χ0v) is 9.36. The van der Waals surface area contributed by atoms with Crippen molar-refractivity contribution in [1.82, 2.24) is 5.32 Å². The molecule has 1 aromatic rings. The fourth-order valence-electron chi connectivity index (χ4n) is 1.19. The molecule has 84 valence electrons. The van der Waals surface area contributed by atoms with Crippen LogP contribution in [0.5, 0.6) is 0 Å². The molecular formula is C12H14N2O2. The summed E-state index contributed by atoms with van der Waals surface area (Å²) < 4.78 is 5.01. The van der Waals surface area contributed by atoms with E-state index >= 15 is 0 Å². The third-order valence-corrected chi connectivity index (χ3v) is 2.03. The summed E-state index contributed by atoms with van der Waals surface area (Å²) >= 11 is 0.